The Labute approximate surface area is 158 Å². The molecule has 0 spiro atoms. The van der Waals surface area contributed by atoms with E-state index in [2.05, 4.69) is 15.0 Å². The number of carbonyl (C=O) groups is 1. The van der Waals surface area contributed by atoms with Gasteiger partial charge in [0.2, 0.25) is 11.8 Å². The van der Waals surface area contributed by atoms with Gasteiger partial charge in [-0.1, -0.05) is 11.2 Å². The average molecular weight is 367 g/mol. The number of carbonyl (C=O) groups excluding carboxylic acids is 1. The Morgan fingerprint density at radius 3 is 2.93 bits per heavy atom. The molecule has 1 aliphatic carbocycles. The summed E-state index contributed by atoms with van der Waals surface area (Å²) in [5.41, 5.74) is 0.949. The molecule has 0 N–H and O–H groups in total. The molecule has 0 aromatic carbocycles. The monoisotopic (exact) mass is 367 g/mol. The molecule has 3 aliphatic rings. The van der Waals surface area contributed by atoms with Gasteiger partial charge < -0.3 is 9.42 Å². The van der Waals surface area contributed by atoms with Gasteiger partial charge in [0.05, 0.1) is 18.4 Å². The second-order valence-corrected chi connectivity index (χ2v) is 8.12. The summed E-state index contributed by atoms with van der Waals surface area (Å²) in [6.07, 6.45) is 8.90. The van der Waals surface area contributed by atoms with Crippen molar-refractivity contribution in [2.75, 3.05) is 26.2 Å². The highest BCUT2D eigenvalue weighted by Crippen LogP contribution is 2.37. The van der Waals surface area contributed by atoms with Crippen molar-refractivity contribution < 1.29 is 9.32 Å². The maximum absolute atomic E-state index is 12.4. The number of hydrogen-bond acceptors (Lipinski definition) is 6. The van der Waals surface area contributed by atoms with Crippen LogP contribution in [0.2, 0.25) is 0 Å². The van der Waals surface area contributed by atoms with E-state index in [-0.39, 0.29) is 17.9 Å². The van der Waals surface area contributed by atoms with Crippen molar-refractivity contribution in [3.63, 3.8) is 0 Å². The van der Waals surface area contributed by atoms with Crippen molar-refractivity contribution in [3.05, 3.63) is 41.8 Å². The average Bonchev–Trinajstić information content (AvgIpc) is 3.12. The third-order valence-corrected chi connectivity index (χ3v) is 5.97. The van der Waals surface area contributed by atoms with Crippen LogP contribution < -0.4 is 0 Å². The minimum atomic E-state index is 0.134. The van der Waals surface area contributed by atoms with E-state index in [0.29, 0.717) is 19.5 Å². The van der Waals surface area contributed by atoms with Crippen LogP contribution in [0.15, 0.2) is 29.0 Å². The molecule has 0 radical (unpaired) electrons. The summed E-state index contributed by atoms with van der Waals surface area (Å²) >= 11 is 0. The van der Waals surface area contributed by atoms with Crippen LogP contribution in [-0.4, -0.2) is 57.0 Å². The van der Waals surface area contributed by atoms with Gasteiger partial charge >= 0.3 is 0 Å². The smallest absolute Gasteiger partial charge is 0.244 e. The van der Waals surface area contributed by atoms with E-state index in [1.165, 1.54) is 25.8 Å². The van der Waals surface area contributed by atoms with Gasteiger partial charge in [-0.05, 0) is 49.8 Å². The number of likely N-dealkylation sites (tertiary alicyclic amines) is 2. The van der Waals surface area contributed by atoms with Gasteiger partial charge in [0.1, 0.15) is 0 Å². The zero-order valence-corrected chi connectivity index (χ0v) is 15.5. The van der Waals surface area contributed by atoms with Crippen molar-refractivity contribution >= 4 is 5.91 Å². The van der Waals surface area contributed by atoms with Crippen molar-refractivity contribution in [2.45, 2.75) is 44.1 Å². The lowest BCUT2D eigenvalue weighted by atomic mass is 9.98. The standard InChI is InChI=1S/C20H25N5O2/c26-18(9-15-3-1-7-21-10-15)25-12-16(13-25)19-22-20(27-23-19)17-4-2-8-24(17)11-14-5-6-14/h1,3,7,10,14,16-17H,2,4-6,8-9,11-13H2. The van der Waals surface area contributed by atoms with Crippen molar-refractivity contribution in [1.82, 2.24) is 24.9 Å². The molecular formula is C20H25N5O2. The third-order valence-electron chi connectivity index (χ3n) is 5.97. The van der Waals surface area contributed by atoms with Gasteiger partial charge in [-0.15, -0.1) is 0 Å². The van der Waals surface area contributed by atoms with Crippen LogP contribution in [0.3, 0.4) is 0 Å². The fourth-order valence-corrected chi connectivity index (χ4v) is 4.14. The van der Waals surface area contributed by atoms with Gasteiger partial charge in [-0.25, -0.2) is 0 Å². The molecule has 7 heteroatoms. The number of nitrogens with zero attached hydrogens (tertiary/aromatic N) is 5. The summed E-state index contributed by atoms with van der Waals surface area (Å²) in [4.78, 5) is 25.5. The Kier molecular flexibility index (Phi) is 4.39. The second kappa shape index (κ2) is 7.03. The maximum Gasteiger partial charge on any atom is 0.244 e. The van der Waals surface area contributed by atoms with Crippen molar-refractivity contribution in [2.24, 2.45) is 5.92 Å². The van der Waals surface area contributed by atoms with Crippen LogP contribution in [-0.2, 0) is 11.2 Å². The van der Waals surface area contributed by atoms with Gasteiger partial charge in [0, 0.05) is 32.0 Å². The summed E-state index contributed by atoms with van der Waals surface area (Å²) < 4.78 is 5.61. The minimum Gasteiger partial charge on any atom is -0.341 e. The van der Waals surface area contributed by atoms with E-state index in [4.69, 9.17) is 9.51 Å². The van der Waals surface area contributed by atoms with Gasteiger partial charge in [-0.3, -0.25) is 14.7 Å². The summed E-state index contributed by atoms with van der Waals surface area (Å²) in [7, 11) is 0. The number of aromatic nitrogens is 3. The van der Waals surface area contributed by atoms with Crippen molar-refractivity contribution in [1.29, 1.82) is 0 Å². The summed E-state index contributed by atoms with van der Waals surface area (Å²) in [5, 5.41) is 4.23. The predicted octanol–water partition coefficient (Wildman–Crippen LogP) is 2.18. The van der Waals surface area contributed by atoms with Gasteiger partial charge in [0.15, 0.2) is 5.82 Å². The first kappa shape index (κ1) is 16.9. The Balaban J connectivity index is 1.16. The van der Waals surface area contributed by atoms with Crippen LogP contribution in [0.25, 0.3) is 0 Å². The highest BCUT2D eigenvalue weighted by molar-refractivity contribution is 5.79. The zero-order chi connectivity index (χ0) is 18.2. The molecule has 1 unspecified atom stereocenters. The van der Waals surface area contributed by atoms with E-state index in [0.717, 1.165) is 36.2 Å². The number of rotatable bonds is 6. The fraction of sp³-hybridized carbons (Fsp3) is 0.600. The van der Waals surface area contributed by atoms with E-state index in [1.807, 2.05) is 17.0 Å². The molecule has 27 heavy (non-hydrogen) atoms. The van der Waals surface area contributed by atoms with E-state index in [1.54, 1.807) is 12.4 Å². The van der Waals surface area contributed by atoms with E-state index in [9.17, 15) is 4.79 Å². The summed E-state index contributed by atoms with van der Waals surface area (Å²) in [5.74, 6) is 2.73. The Morgan fingerprint density at radius 2 is 2.15 bits per heavy atom. The highest BCUT2D eigenvalue weighted by Gasteiger charge is 2.38. The summed E-state index contributed by atoms with van der Waals surface area (Å²) in [6, 6.07) is 4.08. The molecule has 1 saturated carbocycles. The maximum atomic E-state index is 12.4. The molecule has 142 valence electrons. The highest BCUT2D eigenvalue weighted by atomic mass is 16.5. The lowest BCUT2D eigenvalue weighted by Gasteiger charge is -2.37. The van der Waals surface area contributed by atoms with Crippen LogP contribution in [0.4, 0.5) is 0 Å². The topological polar surface area (TPSA) is 75.4 Å². The normalized spacial score (nSPS) is 23.6. The molecule has 0 bridgehead atoms. The van der Waals surface area contributed by atoms with Crippen LogP contribution in [0.1, 0.15) is 54.9 Å². The number of amides is 1. The quantitative estimate of drug-likeness (QED) is 0.779. The first-order valence-corrected chi connectivity index (χ1v) is 10.0. The molecule has 7 nitrogen and oxygen atoms in total. The Morgan fingerprint density at radius 1 is 1.26 bits per heavy atom. The third kappa shape index (κ3) is 3.60. The fourth-order valence-electron chi connectivity index (χ4n) is 4.14. The lowest BCUT2D eigenvalue weighted by Crippen LogP contribution is -2.49. The van der Waals surface area contributed by atoms with E-state index >= 15 is 0 Å². The van der Waals surface area contributed by atoms with Crippen molar-refractivity contribution in [3.8, 4) is 0 Å². The van der Waals surface area contributed by atoms with Gasteiger partial charge in [0.25, 0.3) is 0 Å². The first-order chi connectivity index (χ1) is 13.3. The molecule has 2 aliphatic heterocycles. The molecule has 1 amide bonds. The molecule has 2 aromatic rings. The minimum absolute atomic E-state index is 0.134. The second-order valence-electron chi connectivity index (χ2n) is 8.12. The van der Waals surface area contributed by atoms with Crippen LogP contribution in [0.5, 0.6) is 0 Å². The zero-order valence-electron chi connectivity index (χ0n) is 15.5. The van der Waals surface area contributed by atoms with Crippen LogP contribution >= 0.6 is 0 Å². The molecular weight excluding hydrogens is 342 g/mol. The van der Waals surface area contributed by atoms with Gasteiger partial charge in [-0.2, -0.15) is 4.98 Å². The van der Waals surface area contributed by atoms with E-state index < -0.39 is 0 Å². The lowest BCUT2D eigenvalue weighted by molar-refractivity contribution is -0.135. The Hall–Kier alpha value is -2.28. The molecule has 3 fully saturated rings. The number of pyridine rings is 1. The predicted molar refractivity (Wildman–Crippen MR) is 97.8 cm³/mol. The molecule has 1 atom stereocenters. The van der Waals surface area contributed by atoms with Crippen LogP contribution in [0, 0.1) is 5.92 Å². The molecule has 2 saturated heterocycles. The Bertz CT molecular complexity index is 798. The molecule has 5 rings (SSSR count). The molecule has 2 aromatic heterocycles. The number of hydrogen-bond donors (Lipinski definition) is 0. The summed E-state index contributed by atoms with van der Waals surface area (Å²) in [6.45, 7) is 3.66. The largest absolute Gasteiger partial charge is 0.341 e. The molecule has 4 heterocycles. The SMILES string of the molecule is O=C(Cc1cccnc1)N1CC(c2noc(C3CCCN3CC3CC3)n2)C1. The first-order valence-electron chi connectivity index (χ1n) is 10.0.